The van der Waals surface area contributed by atoms with E-state index in [1.807, 2.05) is 23.1 Å². The fourth-order valence-electron chi connectivity index (χ4n) is 3.87. The number of halogens is 1. The summed E-state index contributed by atoms with van der Waals surface area (Å²) >= 11 is 6.28. The molecule has 1 saturated heterocycles. The molecule has 2 aromatic rings. The maximum Gasteiger partial charge on any atom is 0.270 e. The van der Waals surface area contributed by atoms with Crippen LogP contribution in [0, 0.1) is 0 Å². The second-order valence-electron chi connectivity index (χ2n) is 7.03. The number of hydrogen-bond donors (Lipinski definition) is 3. The number of hydrogen-bond acceptors (Lipinski definition) is 3. The van der Waals surface area contributed by atoms with Crippen LogP contribution in [0.15, 0.2) is 18.2 Å². The number of aromatic amines is 1. The van der Waals surface area contributed by atoms with E-state index in [-0.39, 0.29) is 11.9 Å². The van der Waals surface area contributed by atoms with E-state index in [9.17, 15) is 4.79 Å². The van der Waals surface area contributed by atoms with Gasteiger partial charge in [-0.3, -0.25) is 4.79 Å². The van der Waals surface area contributed by atoms with E-state index in [0.717, 1.165) is 29.6 Å². The van der Waals surface area contributed by atoms with Crippen LogP contribution in [0.25, 0.3) is 10.9 Å². The summed E-state index contributed by atoms with van der Waals surface area (Å²) in [5.74, 6) is 0.0158. The Kier molecular flexibility index (Phi) is 4.14. The van der Waals surface area contributed by atoms with Crippen molar-refractivity contribution in [3.63, 3.8) is 0 Å². The molecule has 1 atom stereocenters. The molecule has 4 rings (SSSR count). The highest BCUT2D eigenvalue weighted by molar-refractivity contribution is 6.32. The number of likely N-dealkylation sites (tertiary alicyclic amines) is 1. The number of H-pyrrole nitrogens is 1. The third-order valence-electron chi connectivity index (χ3n) is 5.15. The molecule has 2 aliphatic rings. The van der Waals surface area contributed by atoms with Crippen LogP contribution in [0.4, 0.5) is 5.69 Å². The summed E-state index contributed by atoms with van der Waals surface area (Å²) in [6, 6.07) is 6.32. The number of amides is 1. The van der Waals surface area contributed by atoms with Crippen LogP contribution >= 0.6 is 11.6 Å². The van der Waals surface area contributed by atoms with Crippen molar-refractivity contribution in [3.05, 3.63) is 28.9 Å². The van der Waals surface area contributed by atoms with Crippen LogP contribution in [0.2, 0.25) is 5.02 Å². The van der Waals surface area contributed by atoms with Gasteiger partial charge in [-0.25, -0.2) is 0 Å². The lowest BCUT2D eigenvalue weighted by Crippen LogP contribution is -2.32. The molecule has 0 unspecified atom stereocenters. The summed E-state index contributed by atoms with van der Waals surface area (Å²) in [4.78, 5) is 17.8. The average Bonchev–Trinajstić information content (AvgIpc) is 3.26. The highest BCUT2D eigenvalue weighted by Crippen LogP contribution is 2.31. The van der Waals surface area contributed by atoms with Crippen molar-refractivity contribution >= 4 is 34.1 Å². The van der Waals surface area contributed by atoms with Gasteiger partial charge >= 0.3 is 0 Å². The van der Waals surface area contributed by atoms with Crippen LogP contribution in [-0.4, -0.2) is 41.0 Å². The smallest absolute Gasteiger partial charge is 0.270 e. The molecule has 0 bridgehead atoms. The highest BCUT2D eigenvalue weighted by Gasteiger charge is 2.26. The number of carbonyl (C=O) groups is 1. The van der Waals surface area contributed by atoms with E-state index in [1.54, 1.807) is 0 Å². The van der Waals surface area contributed by atoms with Crippen LogP contribution in [0.3, 0.4) is 0 Å². The molecule has 0 spiro atoms. The van der Waals surface area contributed by atoms with Crippen molar-refractivity contribution in [1.29, 1.82) is 0 Å². The van der Waals surface area contributed by atoms with Crippen molar-refractivity contribution in [3.8, 4) is 0 Å². The Morgan fingerprint density at radius 2 is 2.04 bits per heavy atom. The Morgan fingerprint density at radius 1 is 1.25 bits per heavy atom. The fraction of sp³-hybridized carbons (Fsp3) is 0.500. The third-order valence-corrected chi connectivity index (χ3v) is 5.37. The minimum Gasteiger partial charge on any atom is -0.381 e. The predicted octanol–water partition coefficient (Wildman–Crippen LogP) is 3.35. The summed E-state index contributed by atoms with van der Waals surface area (Å²) in [6.07, 6.45) is 5.78. The number of rotatable bonds is 3. The summed E-state index contributed by atoms with van der Waals surface area (Å²) in [6.45, 7) is 1.35. The molecule has 2 heterocycles. The van der Waals surface area contributed by atoms with Gasteiger partial charge < -0.3 is 20.9 Å². The van der Waals surface area contributed by atoms with Gasteiger partial charge in [0, 0.05) is 35.6 Å². The molecule has 1 aromatic carbocycles. The number of anilines is 1. The van der Waals surface area contributed by atoms with Gasteiger partial charge in [-0.05, 0) is 37.5 Å². The van der Waals surface area contributed by atoms with Crippen molar-refractivity contribution in [2.24, 2.45) is 5.73 Å². The van der Waals surface area contributed by atoms with E-state index in [2.05, 4.69) is 10.3 Å². The first kappa shape index (κ1) is 15.8. The first-order chi connectivity index (χ1) is 11.6. The number of carbonyl (C=O) groups excluding carboxylic acids is 1. The zero-order valence-electron chi connectivity index (χ0n) is 13.6. The third kappa shape index (κ3) is 2.98. The Labute approximate surface area is 146 Å². The molecule has 128 valence electrons. The molecule has 2 fully saturated rings. The predicted molar refractivity (Wildman–Crippen MR) is 97.7 cm³/mol. The minimum absolute atomic E-state index is 0.0158. The number of nitrogens with one attached hydrogen (secondary N) is 2. The number of fused-ring (bicyclic) bond motifs is 1. The van der Waals surface area contributed by atoms with E-state index in [4.69, 9.17) is 17.3 Å². The van der Waals surface area contributed by atoms with Crippen LogP contribution in [0.1, 0.15) is 42.6 Å². The fourth-order valence-corrected chi connectivity index (χ4v) is 4.10. The van der Waals surface area contributed by atoms with Gasteiger partial charge in [0.1, 0.15) is 5.69 Å². The second kappa shape index (κ2) is 6.30. The lowest BCUT2D eigenvalue weighted by Gasteiger charge is -2.15. The lowest BCUT2D eigenvalue weighted by molar-refractivity contribution is 0.0786. The number of nitrogens with zero attached hydrogens (tertiary/aromatic N) is 1. The first-order valence-corrected chi connectivity index (χ1v) is 9.11. The van der Waals surface area contributed by atoms with Gasteiger partial charge in [0.2, 0.25) is 0 Å². The zero-order chi connectivity index (χ0) is 16.7. The molecular weight excluding hydrogens is 324 g/mol. The molecule has 1 amide bonds. The monoisotopic (exact) mass is 346 g/mol. The van der Waals surface area contributed by atoms with Gasteiger partial charge in [0.25, 0.3) is 5.91 Å². The van der Waals surface area contributed by atoms with Crippen molar-refractivity contribution in [2.45, 2.75) is 44.2 Å². The van der Waals surface area contributed by atoms with E-state index >= 15 is 0 Å². The molecule has 1 aliphatic carbocycles. The van der Waals surface area contributed by atoms with Gasteiger partial charge in [0.05, 0.1) is 11.2 Å². The summed E-state index contributed by atoms with van der Waals surface area (Å²) in [7, 11) is 0. The van der Waals surface area contributed by atoms with Crippen molar-refractivity contribution in [2.75, 3.05) is 18.4 Å². The van der Waals surface area contributed by atoms with Gasteiger partial charge in [-0.2, -0.15) is 0 Å². The summed E-state index contributed by atoms with van der Waals surface area (Å²) < 4.78 is 0. The molecule has 5 nitrogen and oxygen atoms in total. The summed E-state index contributed by atoms with van der Waals surface area (Å²) in [5, 5.41) is 5.24. The standard InChI is InChI=1S/C18H23ClN4O/c19-12-7-11-8-16(18(24)23-6-5-13(20)10-23)22-17(11)15(9-12)21-14-3-1-2-4-14/h7-9,13-14,21-22H,1-6,10,20H2/t13-/m1/s1. The molecule has 1 saturated carbocycles. The maximum atomic E-state index is 12.7. The number of benzene rings is 1. The molecular formula is C18H23ClN4O. The second-order valence-corrected chi connectivity index (χ2v) is 7.46. The van der Waals surface area contributed by atoms with Crippen LogP contribution in [-0.2, 0) is 0 Å². The van der Waals surface area contributed by atoms with Crippen LogP contribution < -0.4 is 11.1 Å². The van der Waals surface area contributed by atoms with Crippen molar-refractivity contribution in [1.82, 2.24) is 9.88 Å². The Hall–Kier alpha value is -1.72. The molecule has 6 heteroatoms. The molecule has 24 heavy (non-hydrogen) atoms. The average molecular weight is 347 g/mol. The maximum absolute atomic E-state index is 12.7. The Balaban J connectivity index is 1.65. The molecule has 4 N–H and O–H groups in total. The van der Waals surface area contributed by atoms with E-state index in [0.29, 0.717) is 23.3 Å². The number of aromatic nitrogens is 1. The molecule has 1 aromatic heterocycles. The van der Waals surface area contributed by atoms with Gasteiger partial charge in [-0.15, -0.1) is 0 Å². The lowest BCUT2D eigenvalue weighted by atomic mass is 10.2. The minimum atomic E-state index is 0.0158. The molecule has 0 radical (unpaired) electrons. The number of nitrogens with two attached hydrogens (primary N) is 1. The van der Waals surface area contributed by atoms with E-state index in [1.165, 1.54) is 25.7 Å². The Bertz CT molecular complexity index is 766. The van der Waals surface area contributed by atoms with Gasteiger partial charge in [-0.1, -0.05) is 24.4 Å². The van der Waals surface area contributed by atoms with Gasteiger partial charge in [0.15, 0.2) is 0 Å². The zero-order valence-corrected chi connectivity index (χ0v) is 14.4. The molecule has 1 aliphatic heterocycles. The Morgan fingerprint density at radius 3 is 2.75 bits per heavy atom. The largest absolute Gasteiger partial charge is 0.381 e. The SMILES string of the molecule is N[C@@H]1CCN(C(=O)c2cc3cc(Cl)cc(NC4CCCC4)c3[nH]2)C1. The highest BCUT2D eigenvalue weighted by atomic mass is 35.5. The normalized spacial score (nSPS) is 21.8. The van der Waals surface area contributed by atoms with Crippen molar-refractivity contribution < 1.29 is 4.79 Å². The first-order valence-electron chi connectivity index (χ1n) is 8.74. The van der Waals surface area contributed by atoms with Crippen LogP contribution in [0.5, 0.6) is 0 Å². The quantitative estimate of drug-likeness (QED) is 0.797. The summed E-state index contributed by atoms with van der Waals surface area (Å²) in [5.41, 5.74) is 8.47. The van der Waals surface area contributed by atoms with E-state index < -0.39 is 0 Å². The topological polar surface area (TPSA) is 74.2 Å².